The molecule has 2 unspecified atom stereocenters. The fourth-order valence-corrected chi connectivity index (χ4v) is 1.74. The van der Waals surface area contributed by atoms with Crippen LogP contribution >= 0.6 is 0 Å². The van der Waals surface area contributed by atoms with Gasteiger partial charge >= 0.3 is 0 Å². The number of nitrogens with zero attached hydrogens (tertiary/aromatic N) is 1. The van der Waals surface area contributed by atoms with Crippen LogP contribution in [0.25, 0.3) is 0 Å². The lowest BCUT2D eigenvalue weighted by Gasteiger charge is -2.12. The molecule has 7 heteroatoms. The minimum absolute atomic E-state index is 0.0290. The standard InChI is InChI=1S/C12H18N2O4S/c1-4-18-12-6-10(5-11(7-12)14(15)16)13-8-9(2)19(3)17/h5-7,9,13H,4,8H2,1-3H3. The predicted octanol–water partition coefficient (Wildman–Crippen LogP) is 2.17. The first-order valence-corrected chi connectivity index (χ1v) is 7.54. The maximum absolute atomic E-state index is 11.2. The van der Waals surface area contributed by atoms with Gasteiger partial charge in [-0.15, -0.1) is 0 Å². The summed E-state index contributed by atoms with van der Waals surface area (Å²) >= 11 is 0. The molecule has 0 saturated heterocycles. The number of nitrogens with one attached hydrogen (secondary N) is 1. The van der Waals surface area contributed by atoms with Crippen molar-refractivity contribution >= 4 is 22.2 Å². The number of anilines is 1. The largest absolute Gasteiger partial charge is 0.494 e. The molecule has 1 aromatic carbocycles. The zero-order valence-corrected chi connectivity index (χ0v) is 12.0. The van der Waals surface area contributed by atoms with Crippen molar-refractivity contribution in [2.45, 2.75) is 19.1 Å². The highest BCUT2D eigenvalue weighted by Crippen LogP contribution is 2.26. The quantitative estimate of drug-likeness (QED) is 0.613. The van der Waals surface area contributed by atoms with E-state index >= 15 is 0 Å². The van der Waals surface area contributed by atoms with Crippen LogP contribution in [0.15, 0.2) is 18.2 Å². The summed E-state index contributed by atoms with van der Waals surface area (Å²) in [5, 5.41) is 13.8. The van der Waals surface area contributed by atoms with Gasteiger partial charge < -0.3 is 10.1 Å². The Balaban J connectivity index is 2.87. The zero-order valence-electron chi connectivity index (χ0n) is 11.2. The molecular formula is C12H18N2O4S. The predicted molar refractivity (Wildman–Crippen MR) is 76.3 cm³/mol. The molecule has 0 radical (unpaired) electrons. The highest BCUT2D eigenvalue weighted by Gasteiger charge is 2.12. The van der Waals surface area contributed by atoms with E-state index < -0.39 is 15.7 Å². The van der Waals surface area contributed by atoms with Crippen molar-refractivity contribution in [3.05, 3.63) is 28.3 Å². The number of benzene rings is 1. The van der Waals surface area contributed by atoms with Gasteiger partial charge in [-0.2, -0.15) is 0 Å². The number of hydrogen-bond donors (Lipinski definition) is 1. The molecule has 1 rings (SSSR count). The Hall–Kier alpha value is -1.63. The third-order valence-corrected chi connectivity index (χ3v) is 3.87. The lowest BCUT2D eigenvalue weighted by atomic mass is 10.2. The Morgan fingerprint density at radius 2 is 2.16 bits per heavy atom. The van der Waals surface area contributed by atoms with Crippen molar-refractivity contribution in [2.24, 2.45) is 0 Å². The molecule has 19 heavy (non-hydrogen) atoms. The average Bonchev–Trinajstić information content (AvgIpc) is 2.35. The highest BCUT2D eigenvalue weighted by atomic mass is 32.2. The summed E-state index contributed by atoms with van der Waals surface area (Å²) in [5.74, 6) is 0.449. The molecule has 0 aliphatic carbocycles. The Kier molecular flexibility index (Phi) is 5.75. The number of rotatable bonds is 7. The van der Waals surface area contributed by atoms with Gasteiger partial charge in [-0.3, -0.25) is 14.3 Å². The zero-order chi connectivity index (χ0) is 14.4. The summed E-state index contributed by atoms with van der Waals surface area (Å²) in [6.45, 7) is 4.59. The number of nitro groups is 1. The number of non-ortho nitro benzene ring substituents is 1. The van der Waals surface area contributed by atoms with Crippen LogP contribution in [-0.2, 0) is 10.8 Å². The lowest BCUT2D eigenvalue weighted by molar-refractivity contribution is -0.384. The summed E-state index contributed by atoms with van der Waals surface area (Å²) in [6.07, 6.45) is 1.63. The maximum Gasteiger partial charge on any atom is 0.275 e. The van der Waals surface area contributed by atoms with Gasteiger partial charge in [0.1, 0.15) is 5.75 Å². The van der Waals surface area contributed by atoms with Crippen LogP contribution in [-0.4, -0.2) is 33.8 Å². The van der Waals surface area contributed by atoms with Crippen LogP contribution in [0, 0.1) is 10.1 Å². The molecule has 0 aliphatic rings. The maximum atomic E-state index is 11.2. The molecule has 0 spiro atoms. The first-order valence-electron chi connectivity index (χ1n) is 5.92. The third kappa shape index (κ3) is 4.86. The molecule has 0 aliphatic heterocycles. The summed E-state index contributed by atoms with van der Waals surface area (Å²) in [4.78, 5) is 10.4. The van der Waals surface area contributed by atoms with E-state index in [1.165, 1.54) is 12.1 Å². The molecule has 0 saturated carbocycles. The van der Waals surface area contributed by atoms with Crippen LogP contribution < -0.4 is 10.1 Å². The average molecular weight is 286 g/mol. The van der Waals surface area contributed by atoms with Crippen LogP contribution in [0.4, 0.5) is 11.4 Å². The summed E-state index contributed by atoms with van der Waals surface area (Å²) < 4.78 is 16.5. The molecule has 2 atom stereocenters. The van der Waals surface area contributed by atoms with E-state index in [-0.39, 0.29) is 10.9 Å². The van der Waals surface area contributed by atoms with Crippen molar-refractivity contribution < 1.29 is 13.9 Å². The Morgan fingerprint density at radius 3 is 2.68 bits per heavy atom. The molecule has 0 amide bonds. The Bertz CT molecular complexity index is 479. The second-order valence-corrected chi connectivity index (χ2v) is 5.90. The van der Waals surface area contributed by atoms with Crippen molar-refractivity contribution in [1.29, 1.82) is 0 Å². The third-order valence-electron chi connectivity index (χ3n) is 2.57. The van der Waals surface area contributed by atoms with E-state index in [2.05, 4.69) is 5.32 Å². The molecule has 1 aromatic rings. The van der Waals surface area contributed by atoms with Gasteiger partial charge in [0.2, 0.25) is 0 Å². The topological polar surface area (TPSA) is 81.5 Å². The molecule has 0 fully saturated rings. The van der Waals surface area contributed by atoms with Crippen molar-refractivity contribution in [3.63, 3.8) is 0 Å². The van der Waals surface area contributed by atoms with Gasteiger partial charge in [-0.05, 0) is 13.8 Å². The Labute approximate surface area is 114 Å². The van der Waals surface area contributed by atoms with Crippen LogP contribution in [0.3, 0.4) is 0 Å². The fraction of sp³-hybridized carbons (Fsp3) is 0.500. The summed E-state index contributed by atoms with van der Waals surface area (Å²) in [5.41, 5.74) is 0.564. The molecule has 6 nitrogen and oxygen atoms in total. The smallest absolute Gasteiger partial charge is 0.275 e. The van der Waals surface area contributed by atoms with Gasteiger partial charge in [0.15, 0.2) is 0 Å². The molecule has 0 bridgehead atoms. The van der Waals surface area contributed by atoms with E-state index in [1.54, 1.807) is 12.3 Å². The van der Waals surface area contributed by atoms with E-state index in [1.807, 2.05) is 13.8 Å². The van der Waals surface area contributed by atoms with Gasteiger partial charge in [0.05, 0.1) is 17.6 Å². The molecular weight excluding hydrogens is 268 g/mol. The Morgan fingerprint density at radius 1 is 1.47 bits per heavy atom. The van der Waals surface area contributed by atoms with Gasteiger partial charge in [-0.1, -0.05) is 0 Å². The number of hydrogen-bond acceptors (Lipinski definition) is 5. The van der Waals surface area contributed by atoms with Crippen molar-refractivity contribution in [2.75, 3.05) is 24.7 Å². The SMILES string of the molecule is CCOc1cc(NCC(C)S(C)=O)cc([N+](=O)[O-])c1. The second-order valence-electron chi connectivity index (χ2n) is 4.10. The van der Waals surface area contributed by atoms with Gasteiger partial charge in [-0.25, -0.2) is 0 Å². The van der Waals surface area contributed by atoms with Gasteiger partial charge in [0.25, 0.3) is 5.69 Å². The first-order chi connectivity index (χ1) is 8.93. The lowest BCUT2D eigenvalue weighted by Crippen LogP contribution is -2.20. The van der Waals surface area contributed by atoms with Crippen LogP contribution in [0.1, 0.15) is 13.8 Å². The first kappa shape index (κ1) is 15.4. The fourth-order valence-electron chi connectivity index (χ4n) is 1.42. The van der Waals surface area contributed by atoms with Crippen molar-refractivity contribution in [1.82, 2.24) is 0 Å². The monoisotopic (exact) mass is 286 g/mol. The van der Waals surface area contributed by atoms with E-state index in [4.69, 9.17) is 4.74 Å². The minimum Gasteiger partial charge on any atom is -0.494 e. The van der Waals surface area contributed by atoms with Crippen LogP contribution in [0.5, 0.6) is 5.75 Å². The van der Waals surface area contributed by atoms with E-state index in [0.29, 0.717) is 24.6 Å². The molecule has 1 N–H and O–H groups in total. The number of nitro benzene ring substituents is 1. The molecule has 0 aromatic heterocycles. The highest BCUT2D eigenvalue weighted by molar-refractivity contribution is 7.84. The summed E-state index contributed by atoms with van der Waals surface area (Å²) in [7, 11) is -0.934. The minimum atomic E-state index is -0.934. The van der Waals surface area contributed by atoms with E-state index in [0.717, 1.165) is 0 Å². The number of ether oxygens (including phenoxy) is 1. The van der Waals surface area contributed by atoms with Crippen molar-refractivity contribution in [3.8, 4) is 5.75 Å². The molecule has 0 heterocycles. The van der Waals surface area contributed by atoms with E-state index in [9.17, 15) is 14.3 Å². The van der Waals surface area contributed by atoms with Crippen LogP contribution in [0.2, 0.25) is 0 Å². The van der Waals surface area contributed by atoms with Gasteiger partial charge in [0, 0.05) is 46.7 Å². The summed E-state index contributed by atoms with van der Waals surface area (Å²) in [6, 6.07) is 4.52. The molecule has 106 valence electrons. The second kappa shape index (κ2) is 7.08. The normalized spacial score (nSPS) is 13.6.